The lowest BCUT2D eigenvalue weighted by Crippen LogP contribution is -2.04. The second-order valence-corrected chi connectivity index (χ2v) is 2.70. The Bertz CT molecular complexity index is 495. The van der Waals surface area contributed by atoms with Gasteiger partial charge in [0.05, 0.1) is 17.8 Å². The highest BCUT2D eigenvalue weighted by atomic mass is 35.5. The second-order valence-electron chi connectivity index (χ2n) is 2.70. The van der Waals surface area contributed by atoms with Crippen molar-refractivity contribution in [2.45, 2.75) is 6.61 Å². The molecular formula is C9H9ClN2O2. The van der Waals surface area contributed by atoms with Crippen LogP contribution in [-0.4, -0.2) is 15.1 Å². The van der Waals surface area contributed by atoms with E-state index in [2.05, 4.69) is 9.97 Å². The SMILES string of the molecule is Cl.O=c1ccc2c(CO)nccc2[nH]1. The van der Waals surface area contributed by atoms with Gasteiger partial charge in [-0.3, -0.25) is 9.78 Å². The van der Waals surface area contributed by atoms with E-state index in [0.29, 0.717) is 11.2 Å². The van der Waals surface area contributed by atoms with Crippen LogP contribution in [0.3, 0.4) is 0 Å². The summed E-state index contributed by atoms with van der Waals surface area (Å²) >= 11 is 0. The normalized spacial score (nSPS) is 9.79. The molecule has 0 fully saturated rings. The summed E-state index contributed by atoms with van der Waals surface area (Å²) in [6.07, 6.45) is 1.56. The van der Waals surface area contributed by atoms with E-state index < -0.39 is 0 Å². The predicted octanol–water partition coefficient (Wildman–Crippen LogP) is 0.837. The molecule has 2 rings (SSSR count). The van der Waals surface area contributed by atoms with Crippen LogP contribution in [-0.2, 0) is 6.61 Å². The van der Waals surface area contributed by atoms with Gasteiger partial charge in [-0.25, -0.2) is 0 Å². The Hall–Kier alpha value is -1.39. The quantitative estimate of drug-likeness (QED) is 0.736. The Morgan fingerprint density at radius 3 is 2.86 bits per heavy atom. The molecule has 0 aliphatic carbocycles. The van der Waals surface area contributed by atoms with Gasteiger partial charge >= 0.3 is 0 Å². The van der Waals surface area contributed by atoms with Gasteiger partial charge in [0, 0.05) is 17.6 Å². The minimum absolute atomic E-state index is 0. The third-order valence-electron chi connectivity index (χ3n) is 1.88. The largest absolute Gasteiger partial charge is 0.390 e. The number of nitrogens with one attached hydrogen (secondary N) is 1. The molecule has 0 radical (unpaired) electrons. The molecule has 0 unspecified atom stereocenters. The van der Waals surface area contributed by atoms with Crippen LogP contribution in [0.5, 0.6) is 0 Å². The van der Waals surface area contributed by atoms with Gasteiger partial charge in [-0.2, -0.15) is 0 Å². The van der Waals surface area contributed by atoms with Gasteiger partial charge in [0.15, 0.2) is 0 Å². The van der Waals surface area contributed by atoms with E-state index in [0.717, 1.165) is 5.39 Å². The van der Waals surface area contributed by atoms with Crippen molar-refractivity contribution in [3.8, 4) is 0 Å². The third kappa shape index (κ3) is 1.76. The van der Waals surface area contributed by atoms with Crippen molar-refractivity contribution in [2.75, 3.05) is 0 Å². The van der Waals surface area contributed by atoms with Crippen LogP contribution in [0, 0.1) is 0 Å². The highest BCUT2D eigenvalue weighted by molar-refractivity contribution is 5.85. The molecule has 0 bridgehead atoms. The Morgan fingerprint density at radius 2 is 2.14 bits per heavy atom. The van der Waals surface area contributed by atoms with Crippen molar-refractivity contribution >= 4 is 23.3 Å². The molecule has 0 spiro atoms. The summed E-state index contributed by atoms with van der Waals surface area (Å²) in [5.41, 5.74) is 1.13. The summed E-state index contributed by atoms with van der Waals surface area (Å²) in [4.78, 5) is 17.6. The van der Waals surface area contributed by atoms with Crippen LogP contribution < -0.4 is 5.56 Å². The fraction of sp³-hybridized carbons (Fsp3) is 0.111. The Labute approximate surface area is 86.0 Å². The maximum absolute atomic E-state index is 10.9. The zero-order chi connectivity index (χ0) is 9.26. The van der Waals surface area contributed by atoms with Crippen LogP contribution >= 0.6 is 12.4 Å². The summed E-state index contributed by atoms with van der Waals surface area (Å²) in [6.45, 7) is -0.122. The van der Waals surface area contributed by atoms with Crippen molar-refractivity contribution < 1.29 is 5.11 Å². The monoisotopic (exact) mass is 212 g/mol. The molecule has 0 amide bonds. The minimum Gasteiger partial charge on any atom is -0.390 e. The first-order chi connectivity index (χ1) is 6.31. The number of aliphatic hydroxyl groups is 1. The highest BCUT2D eigenvalue weighted by Crippen LogP contribution is 2.11. The number of fused-ring (bicyclic) bond motifs is 1. The van der Waals surface area contributed by atoms with Gasteiger partial charge in [0.1, 0.15) is 0 Å². The molecule has 0 saturated heterocycles. The number of hydrogen-bond donors (Lipinski definition) is 2. The molecule has 0 aliphatic heterocycles. The van der Waals surface area contributed by atoms with Crippen molar-refractivity contribution in [3.05, 3.63) is 40.4 Å². The first-order valence-electron chi connectivity index (χ1n) is 3.89. The maximum Gasteiger partial charge on any atom is 0.248 e. The number of pyridine rings is 2. The van der Waals surface area contributed by atoms with Gasteiger partial charge < -0.3 is 10.1 Å². The smallest absolute Gasteiger partial charge is 0.248 e. The number of aromatic amines is 1. The Kier molecular flexibility index (Phi) is 3.22. The maximum atomic E-state index is 10.9. The molecular weight excluding hydrogens is 204 g/mol. The molecule has 2 heterocycles. The highest BCUT2D eigenvalue weighted by Gasteiger charge is 2.00. The van der Waals surface area contributed by atoms with Crippen LogP contribution in [0.4, 0.5) is 0 Å². The first-order valence-corrected chi connectivity index (χ1v) is 3.89. The zero-order valence-electron chi connectivity index (χ0n) is 7.23. The molecule has 0 saturated carbocycles. The van der Waals surface area contributed by atoms with E-state index in [4.69, 9.17) is 5.11 Å². The second kappa shape index (κ2) is 4.21. The number of halogens is 1. The first kappa shape index (κ1) is 10.7. The molecule has 5 heteroatoms. The average Bonchev–Trinajstić information content (AvgIpc) is 2.16. The Morgan fingerprint density at radius 1 is 1.36 bits per heavy atom. The molecule has 0 aromatic carbocycles. The van der Waals surface area contributed by atoms with Crippen molar-refractivity contribution in [2.24, 2.45) is 0 Å². The molecule has 0 atom stereocenters. The van der Waals surface area contributed by atoms with Gasteiger partial charge in [-0.15, -0.1) is 12.4 Å². The summed E-state index contributed by atoms with van der Waals surface area (Å²) < 4.78 is 0. The lowest BCUT2D eigenvalue weighted by atomic mass is 10.2. The van der Waals surface area contributed by atoms with Gasteiger partial charge in [0.25, 0.3) is 0 Å². The predicted molar refractivity (Wildman–Crippen MR) is 55.5 cm³/mol. The number of rotatable bonds is 1. The standard InChI is InChI=1S/C9H8N2O2.ClH/c12-5-8-6-1-2-9(13)11-7(6)3-4-10-8;/h1-4,12H,5H2,(H,11,13);1H. The van der Waals surface area contributed by atoms with E-state index in [1.54, 1.807) is 18.3 Å². The number of hydrogen-bond acceptors (Lipinski definition) is 3. The van der Waals surface area contributed by atoms with Crippen LogP contribution in [0.25, 0.3) is 10.9 Å². The molecule has 2 aromatic rings. The minimum atomic E-state index is -0.150. The molecule has 4 nitrogen and oxygen atoms in total. The number of nitrogens with zero attached hydrogens (tertiary/aromatic N) is 1. The zero-order valence-corrected chi connectivity index (χ0v) is 8.04. The summed E-state index contributed by atoms with van der Waals surface area (Å²) in [6, 6.07) is 4.78. The van der Waals surface area contributed by atoms with Crippen LogP contribution in [0.2, 0.25) is 0 Å². The van der Waals surface area contributed by atoms with Gasteiger partial charge in [-0.05, 0) is 12.1 Å². The average molecular weight is 213 g/mol. The van der Waals surface area contributed by atoms with Crippen molar-refractivity contribution in [3.63, 3.8) is 0 Å². The van der Waals surface area contributed by atoms with E-state index in [-0.39, 0.29) is 24.6 Å². The van der Waals surface area contributed by atoms with Crippen molar-refractivity contribution in [1.82, 2.24) is 9.97 Å². The van der Waals surface area contributed by atoms with Gasteiger partial charge in [0.2, 0.25) is 5.56 Å². The van der Waals surface area contributed by atoms with Gasteiger partial charge in [-0.1, -0.05) is 0 Å². The summed E-state index contributed by atoms with van der Waals surface area (Å²) in [5, 5.41) is 9.73. The van der Waals surface area contributed by atoms with E-state index in [1.807, 2.05) is 0 Å². The lowest BCUT2D eigenvalue weighted by Gasteiger charge is -2.00. The number of aromatic nitrogens is 2. The van der Waals surface area contributed by atoms with Crippen LogP contribution in [0.15, 0.2) is 29.2 Å². The van der Waals surface area contributed by atoms with E-state index in [1.165, 1.54) is 6.07 Å². The third-order valence-corrected chi connectivity index (χ3v) is 1.88. The summed E-state index contributed by atoms with van der Waals surface area (Å²) in [5.74, 6) is 0. The lowest BCUT2D eigenvalue weighted by molar-refractivity contribution is 0.278. The number of aliphatic hydroxyl groups excluding tert-OH is 1. The number of H-pyrrole nitrogens is 1. The van der Waals surface area contributed by atoms with E-state index >= 15 is 0 Å². The van der Waals surface area contributed by atoms with Crippen molar-refractivity contribution in [1.29, 1.82) is 0 Å². The topological polar surface area (TPSA) is 66.0 Å². The molecule has 2 aromatic heterocycles. The summed E-state index contributed by atoms with van der Waals surface area (Å²) in [7, 11) is 0. The fourth-order valence-electron chi connectivity index (χ4n) is 1.27. The molecule has 2 N–H and O–H groups in total. The Balaban J connectivity index is 0.000000980. The van der Waals surface area contributed by atoms with E-state index in [9.17, 15) is 4.79 Å². The fourth-order valence-corrected chi connectivity index (χ4v) is 1.27. The molecule has 0 aliphatic rings. The van der Waals surface area contributed by atoms with Crippen LogP contribution in [0.1, 0.15) is 5.69 Å². The molecule has 14 heavy (non-hydrogen) atoms. The molecule has 74 valence electrons.